The van der Waals surface area contributed by atoms with Gasteiger partial charge in [0.1, 0.15) is 0 Å². The van der Waals surface area contributed by atoms with Crippen LogP contribution in [-0.2, 0) is 14.8 Å². The summed E-state index contributed by atoms with van der Waals surface area (Å²) in [5.41, 5.74) is 2.01. The molecule has 4 rings (SSSR count). The highest BCUT2D eigenvalue weighted by atomic mass is 32.2. The maximum absolute atomic E-state index is 13.1. The molecule has 1 aliphatic rings. The number of hydrogen-bond acceptors (Lipinski definition) is 4. The van der Waals surface area contributed by atoms with Gasteiger partial charge in [0.25, 0.3) is 0 Å². The van der Waals surface area contributed by atoms with E-state index in [1.165, 1.54) is 4.31 Å². The summed E-state index contributed by atoms with van der Waals surface area (Å²) in [6, 6.07) is 20.7. The van der Waals surface area contributed by atoms with Crippen molar-refractivity contribution < 1.29 is 13.2 Å². The quantitative estimate of drug-likeness (QED) is 0.685. The smallest absolute Gasteiger partial charge is 0.243 e. The van der Waals surface area contributed by atoms with Gasteiger partial charge >= 0.3 is 0 Å². The average Bonchev–Trinajstić information content (AvgIpc) is 2.78. The maximum atomic E-state index is 13.1. The van der Waals surface area contributed by atoms with Crippen LogP contribution in [0.5, 0.6) is 0 Å². The lowest BCUT2D eigenvalue weighted by Gasteiger charge is -2.34. The lowest BCUT2D eigenvalue weighted by molar-refractivity contribution is -0.130. The van der Waals surface area contributed by atoms with E-state index in [0.717, 1.165) is 22.0 Å². The van der Waals surface area contributed by atoms with Crippen molar-refractivity contribution in [1.82, 2.24) is 9.21 Å². The zero-order chi connectivity index (χ0) is 21.1. The van der Waals surface area contributed by atoms with E-state index in [2.05, 4.69) is 5.32 Å². The Morgan fingerprint density at radius 1 is 0.900 bits per heavy atom. The van der Waals surface area contributed by atoms with Gasteiger partial charge in [0, 0.05) is 31.9 Å². The summed E-state index contributed by atoms with van der Waals surface area (Å²) in [4.78, 5) is 14.6. The Bertz CT molecular complexity index is 1170. The van der Waals surface area contributed by atoms with Crippen LogP contribution in [0.3, 0.4) is 0 Å². The molecule has 0 saturated carbocycles. The molecule has 7 heteroatoms. The molecular formula is C23H25N3O3S. The van der Waals surface area contributed by atoms with Crippen LogP contribution >= 0.6 is 0 Å². The number of carbonyl (C=O) groups excluding carboxylic acids is 1. The highest BCUT2D eigenvalue weighted by Crippen LogP contribution is 2.23. The van der Waals surface area contributed by atoms with E-state index < -0.39 is 10.0 Å². The van der Waals surface area contributed by atoms with E-state index in [-0.39, 0.29) is 12.5 Å². The molecule has 1 saturated heterocycles. The summed E-state index contributed by atoms with van der Waals surface area (Å²) >= 11 is 0. The minimum atomic E-state index is -3.58. The minimum absolute atomic E-state index is 0.0268. The molecular weight excluding hydrogens is 398 g/mol. The fourth-order valence-electron chi connectivity index (χ4n) is 3.71. The maximum Gasteiger partial charge on any atom is 0.243 e. The number of nitrogens with one attached hydrogen (secondary N) is 1. The Kier molecular flexibility index (Phi) is 5.74. The second-order valence-electron chi connectivity index (χ2n) is 7.46. The summed E-state index contributed by atoms with van der Waals surface area (Å²) in [7, 11) is -3.58. The molecule has 156 valence electrons. The number of amides is 1. The van der Waals surface area contributed by atoms with Crippen molar-refractivity contribution in [2.45, 2.75) is 11.8 Å². The van der Waals surface area contributed by atoms with Gasteiger partial charge in [-0.1, -0.05) is 48.5 Å². The van der Waals surface area contributed by atoms with Gasteiger partial charge in [-0.25, -0.2) is 8.42 Å². The molecule has 0 bridgehead atoms. The monoisotopic (exact) mass is 423 g/mol. The molecule has 0 aliphatic carbocycles. The van der Waals surface area contributed by atoms with Crippen LogP contribution in [0, 0.1) is 6.92 Å². The van der Waals surface area contributed by atoms with Crippen LogP contribution < -0.4 is 5.32 Å². The van der Waals surface area contributed by atoms with Gasteiger partial charge in [-0.3, -0.25) is 4.79 Å². The van der Waals surface area contributed by atoms with Gasteiger partial charge in [0.2, 0.25) is 15.9 Å². The average molecular weight is 424 g/mol. The first-order valence-electron chi connectivity index (χ1n) is 10.0. The van der Waals surface area contributed by atoms with Crippen LogP contribution in [-0.4, -0.2) is 56.3 Å². The molecule has 30 heavy (non-hydrogen) atoms. The van der Waals surface area contributed by atoms with Crippen LogP contribution in [0.1, 0.15) is 5.56 Å². The molecule has 1 N–H and O–H groups in total. The Balaban J connectivity index is 1.38. The van der Waals surface area contributed by atoms with E-state index in [1.807, 2.05) is 61.5 Å². The fraction of sp³-hybridized carbons (Fsp3) is 0.261. The number of piperazine rings is 1. The summed E-state index contributed by atoms with van der Waals surface area (Å²) < 4.78 is 27.6. The summed E-state index contributed by atoms with van der Waals surface area (Å²) in [6.07, 6.45) is 0. The van der Waals surface area contributed by atoms with Crippen LogP contribution in [0.2, 0.25) is 0 Å². The minimum Gasteiger partial charge on any atom is -0.376 e. The number of anilines is 1. The number of aryl methyl sites for hydroxylation is 1. The van der Waals surface area contributed by atoms with Gasteiger partial charge in [0.05, 0.1) is 11.4 Å². The standard InChI is InChI=1S/C23H25N3O3S/c1-18-6-2-5-9-22(18)24-17-23(27)25-12-14-26(15-13-25)30(28,29)21-11-10-19-7-3-4-8-20(19)16-21/h2-11,16,24H,12-15,17H2,1H3. The molecule has 3 aromatic rings. The third kappa shape index (κ3) is 4.17. The van der Waals surface area contributed by atoms with Gasteiger partial charge in [0.15, 0.2) is 0 Å². The van der Waals surface area contributed by atoms with E-state index in [4.69, 9.17) is 0 Å². The van der Waals surface area contributed by atoms with E-state index >= 15 is 0 Å². The van der Waals surface area contributed by atoms with Gasteiger partial charge in [-0.15, -0.1) is 0 Å². The predicted octanol–water partition coefficient (Wildman–Crippen LogP) is 3.09. The molecule has 0 aromatic heterocycles. The molecule has 1 aliphatic heterocycles. The first-order chi connectivity index (χ1) is 14.4. The van der Waals surface area contributed by atoms with Crippen LogP contribution in [0.4, 0.5) is 5.69 Å². The van der Waals surface area contributed by atoms with Crippen LogP contribution in [0.15, 0.2) is 71.6 Å². The van der Waals surface area contributed by atoms with Gasteiger partial charge < -0.3 is 10.2 Å². The third-order valence-corrected chi connectivity index (χ3v) is 7.42. The number of sulfonamides is 1. The number of fused-ring (bicyclic) bond motifs is 1. The van der Waals surface area contributed by atoms with Crippen molar-refractivity contribution in [3.63, 3.8) is 0 Å². The predicted molar refractivity (Wildman–Crippen MR) is 119 cm³/mol. The van der Waals surface area contributed by atoms with Crippen molar-refractivity contribution in [2.24, 2.45) is 0 Å². The zero-order valence-corrected chi connectivity index (χ0v) is 17.7. The topological polar surface area (TPSA) is 69.7 Å². The number of para-hydroxylation sites is 1. The largest absolute Gasteiger partial charge is 0.376 e. The van der Waals surface area contributed by atoms with Crippen molar-refractivity contribution >= 4 is 32.4 Å². The van der Waals surface area contributed by atoms with Gasteiger partial charge in [-0.2, -0.15) is 4.31 Å². The molecule has 6 nitrogen and oxygen atoms in total. The molecule has 3 aromatic carbocycles. The number of nitrogens with zero attached hydrogens (tertiary/aromatic N) is 2. The molecule has 1 heterocycles. The highest BCUT2D eigenvalue weighted by molar-refractivity contribution is 7.89. The SMILES string of the molecule is Cc1ccccc1NCC(=O)N1CCN(S(=O)(=O)c2ccc3ccccc3c2)CC1. The van der Waals surface area contributed by atoms with Crippen molar-refractivity contribution in [3.05, 3.63) is 72.3 Å². The highest BCUT2D eigenvalue weighted by Gasteiger charge is 2.30. The third-order valence-electron chi connectivity index (χ3n) is 5.53. The van der Waals surface area contributed by atoms with Crippen LogP contribution in [0.25, 0.3) is 10.8 Å². The Labute approximate surface area is 177 Å². The summed E-state index contributed by atoms with van der Waals surface area (Å²) in [6.45, 7) is 3.56. The van der Waals surface area contributed by atoms with Gasteiger partial charge in [-0.05, 0) is 41.5 Å². The molecule has 1 amide bonds. The fourth-order valence-corrected chi connectivity index (χ4v) is 5.17. The Morgan fingerprint density at radius 2 is 1.57 bits per heavy atom. The van der Waals surface area contributed by atoms with Crippen molar-refractivity contribution in [2.75, 3.05) is 38.0 Å². The molecule has 0 atom stereocenters. The van der Waals surface area contributed by atoms with E-state index in [9.17, 15) is 13.2 Å². The number of benzene rings is 3. The molecule has 0 unspecified atom stereocenters. The summed E-state index contributed by atoms with van der Waals surface area (Å²) in [5.74, 6) is -0.0268. The second kappa shape index (κ2) is 8.45. The zero-order valence-electron chi connectivity index (χ0n) is 16.9. The second-order valence-corrected chi connectivity index (χ2v) is 9.40. The lowest BCUT2D eigenvalue weighted by atomic mass is 10.1. The Hall–Kier alpha value is -2.90. The first kappa shape index (κ1) is 20.4. The number of carbonyl (C=O) groups is 1. The normalized spacial score (nSPS) is 15.3. The van der Waals surface area contributed by atoms with Crippen molar-refractivity contribution in [3.8, 4) is 0 Å². The molecule has 0 radical (unpaired) electrons. The Morgan fingerprint density at radius 3 is 2.30 bits per heavy atom. The van der Waals surface area contributed by atoms with E-state index in [0.29, 0.717) is 31.1 Å². The van der Waals surface area contributed by atoms with Crippen molar-refractivity contribution in [1.29, 1.82) is 0 Å². The molecule has 0 spiro atoms. The lowest BCUT2D eigenvalue weighted by Crippen LogP contribution is -2.51. The first-order valence-corrected chi connectivity index (χ1v) is 11.5. The number of hydrogen-bond donors (Lipinski definition) is 1. The van der Waals surface area contributed by atoms with E-state index in [1.54, 1.807) is 17.0 Å². The number of rotatable bonds is 5. The molecule has 1 fully saturated rings. The summed E-state index contributed by atoms with van der Waals surface area (Å²) in [5, 5.41) is 5.08.